The number of benzene rings is 1. The van der Waals surface area contributed by atoms with E-state index in [0.717, 1.165) is 24.9 Å². The molecular weight excluding hydrogens is 248 g/mol. The van der Waals surface area contributed by atoms with E-state index in [1.165, 1.54) is 19.3 Å². The van der Waals surface area contributed by atoms with E-state index in [1.54, 1.807) is 12.1 Å². The van der Waals surface area contributed by atoms with Crippen molar-refractivity contribution in [2.24, 2.45) is 0 Å². The molecule has 0 aliphatic rings. The smallest absolute Gasteiger partial charge is 0.229 e. The molecule has 0 amide bonds. The Morgan fingerprint density at radius 3 is 2.17 bits per heavy atom. The highest BCUT2D eigenvalue weighted by Crippen LogP contribution is 2.14. The molecular formula is C13H22N2O2S. The Kier molecular flexibility index (Phi) is 5.98. The molecule has 0 atom stereocenters. The molecule has 0 aromatic heterocycles. The minimum Gasteiger partial charge on any atom is -0.385 e. The van der Waals surface area contributed by atoms with Gasteiger partial charge in [0.1, 0.15) is 0 Å². The zero-order chi connectivity index (χ0) is 13.4. The molecule has 18 heavy (non-hydrogen) atoms. The van der Waals surface area contributed by atoms with E-state index in [-0.39, 0.29) is 0 Å². The standard InChI is InChI=1S/C13H22N2O2S/c1-3-4-5-6-11-14-12-7-9-13(10-8-12)15-18(2,16)17/h7-10,14-15H,3-6,11H2,1-2H3. The van der Waals surface area contributed by atoms with Crippen molar-refractivity contribution in [2.75, 3.05) is 22.8 Å². The van der Waals surface area contributed by atoms with Gasteiger partial charge in [-0.1, -0.05) is 26.2 Å². The lowest BCUT2D eigenvalue weighted by Gasteiger charge is -2.08. The van der Waals surface area contributed by atoms with Crippen molar-refractivity contribution in [2.45, 2.75) is 32.6 Å². The van der Waals surface area contributed by atoms with Gasteiger partial charge < -0.3 is 5.32 Å². The largest absolute Gasteiger partial charge is 0.385 e. The summed E-state index contributed by atoms with van der Waals surface area (Å²) in [4.78, 5) is 0. The first-order valence-corrected chi connectivity index (χ1v) is 8.22. The first-order chi connectivity index (χ1) is 8.51. The first-order valence-electron chi connectivity index (χ1n) is 6.33. The van der Waals surface area contributed by atoms with Gasteiger partial charge in [0.05, 0.1) is 6.26 Å². The average molecular weight is 270 g/mol. The Labute approximate surface area is 110 Å². The highest BCUT2D eigenvalue weighted by molar-refractivity contribution is 7.92. The van der Waals surface area contributed by atoms with Gasteiger partial charge in [-0.05, 0) is 30.7 Å². The molecule has 0 aliphatic carbocycles. The maximum Gasteiger partial charge on any atom is 0.229 e. The molecule has 102 valence electrons. The van der Waals surface area contributed by atoms with E-state index < -0.39 is 10.0 Å². The van der Waals surface area contributed by atoms with Gasteiger partial charge in [0.2, 0.25) is 10.0 Å². The summed E-state index contributed by atoms with van der Waals surface area (Å²) < 4.78 is 24.5. The molecule has 0 unspecified atom stereocenters. The SMILES string of the molecule is CCCCCCNc1ccc(NS(C)(=O)=O)cc1. The number of hydrogen-bond acceptors (Lipinski definition) is 3. The minimum atomic E-state index is -3.19. The Hall–Kier alpha value is -1.23. The van der Waals surface area contributed by atoms with Crippen molar-refractivity contribution in [1.29, 1.82) is 0 Å². The summed E-state index contributed by atoms with van der Waals surface area (Å²) in [7, 11) is -3.19. The molecule has 2 N–H and O–H groups in total. The van der Waals surface area contributed by atoms with E-state index in [9.17, 15) is 8.42 Å². The van der Waals surface area contributed by atoms with Crippen molar-refractivity contribution in [3.05, 3.63) is 24.3 Å². The number of rotatable bonds is 8. The van der Waals surface area contributed by atoms with E-state index in [2.05, 4.69) is 17.0 Å². The van der Waals surface area contributed by atoms with Crippen LogP contribution in [0.15, 0.2) is 24.3 Å². The zero-order valence-corrected chi connectivity index (χ0v) is 11.9. The van der Waals surface area contributed by atoms with Gasteiger partial charge >= 0.3 is 0 Å². The summed E-state index contributed by atoms with van der Waals surface area (Å²) >= 11 is 0. The van der Waals surface area contributed by atoms with Gasteiger partial charge in [0.25, 0.3) is 0 Å². The molecule has 1 aromatic rings. The predicted molar refractivity (Wildman–Crippen MR) is 77.5 cm³/mol. The zero-order valence-electron chi connectivity index (χ0n) is 11.1. The van der Waals surface area contributed by atoms with Gasteiger partial charge in [-0.15, -0.1) is 0 Å². The summed E-state index contributed by atoms with van der Waals surface area (Å²) in [5, 5.41) is 3.32. The van der Waals surface area contributed by atoms with Crippen LogP contribution in [-0.4, -0.2) is 21.2 Å². The lowest BCUT2D eigenvalue weighted by Crippen LogP contribution is -2.09. The van der Waals surface area contributed by atoms with Gasteiger partial charge in [-0.2, -0.15) is 0 Å². The number of anilines is 2. The Morgan fingerprint density at radius 1 is 1.00 bits per heavy atom. The van der Waals surface area contributed by atoms with Crippen LogP contribution in [0.4, 0.5) is 11.4 Å². The topological polar surface area (TPSA) is 58.2 Å². The predicted octanol–water partition coefficient (Wildman–Crippen LogP) is 3.05. The van der Waals surface area contributed by atoms with Crippen LogP contribution in [0.2, 0.25) is 0 Å². The third-order valence-electron chi connectivity index (χ3n) is 2.55. The maximum atomic E-state index is 11.0. The molecule has 4 nitrogen and oxygen atoms in total. The Bertz CT molecular complexity index is 441. The number of nitrogens with one attached hydrogen (secondary N) is 2. The lowest BCUT2D eigenvalue weighted by molar-refractivity contribution is 0.607. The molecule has 0 heterocycles. The lowest BCUT2D eigenvalue weighted by atomic mass is 10.2. The fourth-order valence-corrected chi connectivity index (χ4v) is 2.22. The number of hydrogen-bond donors (Lipinski definition) is 2. The summed E-state index contributed by atoms with van der Waals surface area (Å²) in [5.41, 5.74) is 1.61. The van der Waals surface area contributed by atoms with Crippen molar-refractivity contribution in [3.63, 3.8) is 0 Å². The maximum absolute atomic E-state index is 11.0. The number of sulfonamides is 1. The van der Waals surface area contributed by atoms with Crippen LogP contribution < -0.4 is 10.0 Å². The second-order valence-corrected chi connectivity index (χ2v) is 6.19. The van der Waals surface area contributed by atoms with Gasteiger partial charge in [0.15, 0.2) is 0 Å². The van der Waals surface area contributed by atoms with Crippen LogP contribution in [0.1, 0.15) is 32.6 Å². The molecule has 0 radical (unpaired) electrons. The van der Waals surface area contributed by atoms with Crippen LogP contribution in [0.3, 0.4) is 0 Å². The number of unbranched alkanes of at least 4 members (excludes halogenated alkanes) is 3. The molecule has 0 aliphatic heterocycles. The van der Waals surface area contributed by atoms with Crippen LogP contribution >= 0.6 is 0 Å². The summed E-state index contributed by atoms with van der Waals surface area (Å²) in [5.74, 6) is 0. The first kappa shape index (κ1) is 14.8. The average Bonchev–Trinajstić information content (AvgIpc) is 2.29. The molecule has 0 saturated carbocycles. The Morgan fingerprint density at radius 2 is 1.61 bits per heavy atom. The van der Waals surface area contributed by atoms with E-state index in [4.69, 9.17) is 0 Å². The Balaban J connectivity index is 2.36. The third kappa shape index (κ3) is 6.49. The molecule has 0 bridgehead atoms. The van der Waals surface area contributed by atoms with Gasteiger partial charge in [-0.3, -0.25) is 4.72 Å². The second-order valence-electron chi connectivity index (χ2n) is 4.44. The molecule has 1 aromatic carbocycles. The van der Waals surface area contributed by atoms with Crippen molar-refractivity contribution >= 4 is 21.4 Å². The van der Waals surface area contributed by atoms with E-state index >= 15 is 0 Å². The molecule has 1 rings (SSSR count). The van der Waals surface area contributed by atoms with Crippen LogP contribution in [0.5, 0.6) is 0 Å². The second kappa shape index (κ2) is 7.26. The molecule has 0 saturated heterocycles. The fraction of sp³-hybridized carbons (Fsp3) is 0.538. The summed E-state index contributed by atoms with van der Waals surface area (Å²) in [6, 6.07) is 7.28. The normalized spacial score (nSPS) is 11.2. The van der Waals surface area contributed by atoms with Crippen LogP contribution in [-0.2, 0) is 10.0 Å². The molecule has 0 spiro atoms. The van der Waals surface area contributed by atoms with E-state index in [0.29, 0.717) is 5.69 Å². The monoisotopic (exact) mass is 270 g/mol. The van der Waals surface area contributed by atoms with Gasteiger partial charge in [-0.25, -0.2) is 8.42 Å². The van der Waals surface area contributed by atoms with Crippen molar-refractivity contribution in [1.82, 2.24) is 0 Å². The summed E-state index contributed by atoms with van der Waals surface area (Å²) in [6.45, 7) is 3.15. The minimum absolute atomic E-state index is 0.592. The van der Waals surface area contributed by atoms with Crippen molar-refractivity contribution < 1.29 is 8.42 Å². The highest BCUT2D eigenvalue weighted by Gasteiger charge is 2.01. The molecule has 5 heteroatoms. The molecule has 0 fully saturated rings. The van der Waals surface area contributed by atoms with Crippen molar-refractivity contribution in [3.8, 4) is 0 Å². The summed E-state index contributed by atoms with van der Waals surface area (Å²) in [6.07, 6.45) is 6.08. The van der Waals surface area contributed by atoms with Crippen LogP contribution in [0, 0.1) is 0 Å². The van der Waals surface area contributed by atoms with Crippen LogP contribution in [0.25, 0.3) is 0 Å². The van der Waals surface area contributed by atoms with E-state index in [1.807, 2.05) is 12.1 Å². The highest BCUT2D eigenvalue weighted by atomic mass is 32.2. The quantitative estimate of drug-likeness (QED) is 0.714. The van der Waals surface area contributed by atoms with Gasteiger partial charge in [0, 0.05) is 17.9 Å². The fourth-order valence-electron chi connectivity index (χ4n) is 1.65. The third-order valence-corrected chi connectivity index (χ3v) is 3.15.